The third kappa shape index (κ3) is 3.32. The number of carbonyl (C=O) groups excluding carboxylic acids is 2. The summed E-state index contributed by atoms with van der Waals surface area (Å²) in [5, 5.41) is 3.59. The normalized spacial score (nSPS) is 10.7. The van der Waals surface area contributed by atoms with Crippen LogP contribution in [0.2, 0.25) is 0 Å². The van der Waals surface area contributed by atoms with Gasteiger partial charge in [0.2, 0.25) is 5.91 Å². The van der Waals surface area contributed by atoms with Gasteiger partial charge in [-0.3, -0.25) is 9.59 Å². The second-order valence-corrected chi connectivity index (χ2v) is 5.89. The van der Waals surface area contributed by atoms with Gasteiger partial charge in [-0.05, 0) is 39.0 Å². The van der Waals surface area contributed by atoms with E-state index in [0.29, 0.717) is 24.4 Å². The van der Waals surface area contributed by atoms with Crippen LogP contribution in [0.25, 0.3) is 11.0 Å². The van der Waals surface area contributed by atoms with Crippen LogP contribution in [-0.2, 0) is 4.79 Å². The Morgan fingerprint density at radius 3 is 2.68 bits per heavy atom. The predicted molar refractivity (Wildman–Crippen MR) is 88.9 cm³/mol. The van der Waals surface area contributed by atoms with Crippen LogP contribution in [0.5, 0.6) is 0 Å². The van der Waals surface area contributed by atoms with Crippen molar-refractivity contribution in [3.63, 3.8) is 0 Å². The Labute approximate surface area is 137 Å². The number of aryl methyl sites for hydroxylation is 1. The van der Waals surface area contributed by atoms with Gasteiger partial charge < -0.3 is 14.6 Å². The average molecular weight is 367 g/mol. The van der Waals surface area contributed by atoms with E-state index < -0.39 is 0 Å². The van der Waals surface area contributed by atoms with Crippen LogP contribution >= 0.6 is 15.9 Å². The first kappa shape index (κ1) is 16.5. The third-order valence-electron chi connectivity index (χ3n) is 3.47. The molecule has 0 unspecified atom stereocenters. The maximum atomic E-state index is 12.6. The number of fused-ring (bicyclic) bond motifs is 1. The molecule has 1 N–H and O–H groups in total. The summed E-state index contributed by atoms with van der Waals surface area (Å²) in [7, 11) is 0. The number of benzene rings is 1. The zero-order chi connectivity index (χ0) is 16.3. The maximum Gasteiger partial charge on any atom is 0.290 e. The molecule has 0 atom stereocenters. The van der Waals surface area contributed by atoms with Crippen LogP contribution in [0.15, 0.2) is 27.1 Å². The van der Waals surface area contributed by atoms with Crippen LogP contribution in [-0.4, -0.2) is 36.3 Å². The number of hydrogen-bond acceptors (Lipinski definition) is 3. The zero-order valence-electron chi connectivity index (χ0n) is 12.9. The molecule has 0 aliphatic heterocycles. The van der Waals surface area contributed by atoms with E-state index in [2.05, 4.69) is 21.2 Å². The lowest BCUT2D eigenvalue weighted by molar-refractivity contribution is -0.121. The van der Waals surface area contributed by atoms with Crippen molar-refractivity contribution < 1.29 is 14.0 Å². The second-order valence-electron chi connectivity index (χ2n) is 4.97. The summed E-state index contributed by atoms with van der Waals surface area (Å²) < 4.78 is 6.62. The average Bonchev–Trinajstić information content (AvgIpc) is 2.81. The number of carbonyl (C=O) groups is 2. The van der Waals surface area contributed by atoms with Crippen LogP contribution in [0.4, 0.5) is 0 Å². The highest BCUT2D eigenvalue weighted by Gasteiger charge is 2.23. The van der Waals surface area contributed by atoms with Crippen molar-refractivity contribution in [3.05, 3.63) is 34.0 Å². The molecule has 0 bridgehead atoms. The molecule has 5 nitrogen and oxygen atoms in total. The van der Waals surface area contributed by atoms with Gasteiger partial charge in [0.05, 0.1) is 6.54 Å². The number of amides is 2. The van der Waals surface area contributed by atoms with Gasteiger partial charge in [0.15, 0.2) is 5.76 Å². The molecule has 0 aliphatic carbocycles. The van der Waals surface area contributed by atoms with Gasteiger partial charge in [-0.25, -0.2) is 0 Å². The first-order valence-corrected chi connectivity index (χ1v) is 8.01. The minimum absolute atomic E-state index is 0.0311. The summed E-state index contributed by atoms with van der Waals surface area (Å²) in [6.07, 6.45) is 0. The van der Waals surface area contributed by atoms with E-state index in [4.69, 9.17) is 4.42 Å². The fourth-order valence-corrected chi connectivity index (χ4v) is 2.66. The Balaban J connectivity index is 2.31. The van der Waals surface area contributed by atoms with E-state index in [1.807, 2.05) is 39.0 Å². The van der Waals surface area contributed by atoms with Crippen LogP contribution in [0.1, 0.15) is 30.0 Å². The molecule has 0 fully saturated rings. The smallest absolute Gasteiger partial charge is 0.290 e. The summed E-state index contributed by atoms with van der Waals surface area (Å²) in [4.78, 5) is 25.8. The van der Waals surface area contributed by atoms with Crippen molar-refractivity contribution in [2.24, 2.45) is 0 Å². The Morgan fingerprint density at radius 2 is 2.05 bits per heavy atom. The highest BCUT2D eigenvalue weighted by molar-refractivity contribution is 9.10. The van der Waals surface area contributed by atoms with Gasteiger partial charge in [0.25, 0.3) is 5.91 Å². The molecule has 2 amide bonds. The first-order chi connectivity index (χ1) is 10.5. The lowest BCUT2D eigenvalue weighted by atomic mass is 10.1. The van der Waals surface area contributed by atoms with E-state index in [9.17, 15) is 9.59 Å². The molecule has 2 rings (SSSR count). The molecule has 0 aliphatic rings. The number of hydrogen-bond donors (Lipinski definition) is 1. The molecule has 0 saturated carbocycles. The van der Waals surface area contributed by atoms with E-state index in [-0.39, 0.29) is 18.4 Å². The first-order valence-electron chi connectivity index (χ1n) is 7.22. The second kappa shape index (κ2) is 6.96. The van der Waals surface area contributed by atoms with Gasteiger partial charge in [-0.2, -0.15) is 0 Å². The zero-order valence-corrected chi connectivity index (χ0v) is 14.5. The molecular weight excluding hydrogens is 348 g/mol. The molecule has 1 heterocycles. The lowest BCUT2D eigenvalue weighted by Gasteiger charge is -2.19. The number of halogens is 1. The molecule has 0 spiro atoms. The molecule has 1 aromatic heterocycles. The van der Waals surface area contributed by atoms with Gasteiger partial charge in [-0.15, -0.1) is 0 Å². The Hall–Kier alpha value is -1.82. The fourth-order valence-electron chi connectivity index (χ4n) is 2.29. The SMILES string of the molecule is CCNC(=O)CN(CC)C(=O)c1oc2ccc(Br)cc2c1C. The van der Waals surface area contributed by atoms with E-state index in [1.165, 1.54) is 4.90 Å². The van der Waals surface area contributed by atoms with E-state index >= 15 is 0 Å². The molecule has 6 heteroatoms. The maximum absolute atomic E-state index is 12.6. The topological polar surface area (TPSA) is 62.6 Å². The van der Waals surface area contributed by atoms with Crippen molar-refractivity contribution in [2.75, 3.05) is 19.6 Å². The Kier molecular flexibility index (Phi) is 5.24. The number of likely N-dealkylation sites (N-methyl/N-ethyl adjacent to an activating group) is 2. The molecule has 0 radical (unpaired) electrons. The molecular formula is C16H19BrN2O3. The van der Waals surface area contributed by atoms with Gasteiger partial charge in [-0.1, -0.05) is 15.9 Å². The molecule has 0 saturated heterocycles. The quantitative estimate of drug-likeness (QED) is 0.883. The Bertz CT molecular complexity index is 709. The fraction of sp³-hybridized carbons (Fsp3) is 0.375. The van der Waals surface area contributed by atoms with Gasteiger partial charge in [0.1, 0.15) is 5.58 Å². The summed E-state index contributed by atoms with van der Waals surface area (Å²) in [6, 6.07) is 5.61. The number of furan rings is 1. The molecule has 1 aromatic carbocycles. The summed E-state index contributed by atoms with van der Waals surface area (Å²) in [6.45, 7) is 6.55. The standard InChI is InChI=1S/C16H19BrN2O3/c1-4-18-14(20)9-19(5-2)16(21)15-10(3)12-8-11(17)6-7-13(12)22-15/h6-8H,4-5,9H2,1-3H3,(H,18,20). The highest BCUT2D eigenvalue weighted by atomic mass is 79.9. The van der Waals surface area contributed by atoms with Crippen molar-refractivity contribution in [1.82, 2.24) is 10.2 Å². The minimum atomic E-state index is -0.265. The van der Waals surface area contributed by atoms with Gasteiger partial charge in [0, 0.05) is 28.5 Å². The largest absolute Gasteiger partial charge is 0.451 e. The van der Waals surface area contributed by atoms with E-state index in [1.54, 1.807) is 0 Å². The predicted octanol–water partition coefficient (Wildman–Crippen LogP) is 3.10. The van der Waals surface area contributed by atoms with Crippen LogP contribution in [0.3, 0.4) is 0 Å². The summed E-state index contributed by atoms with van der Waals surface area (Å²) in [5.41, 5.74) is 1.45. The molecule has 2 aromatic rings. The van der Waals surface area contributed by atoms with Crippen LogP contribution in [0, 0.1) is 6.92 Å². The van der Waals surface area contributed by atoms with Crippen molar-refractivity contribution in [2.45, 2.75) is 20.8 Å². The van der Waals surface area contributed by atoms with Crippen molar-refractivity contribution >= 4 is 38.7 Å². The summed E-state index contributed by atoms with van der Waals surface area (Å²) in [5.74, 6) is -0.146. The van der Waals surface area contributed by atoms with Gasteiger partial charge >= 0.3 is 0 Å². The minimum Gasteiger partial charge on any atom is -0.451 e. The number of nitrogens with zero attached hydrogens (tertiary/aromatic N) is 1. The van der Waals surface area contributed by atoms with Crippen molar-refractivity contribution in [1.29, 1.82) is 0 Å². The number of nitrogens with one attached hydrogen (secondary N) is 1. The van der Waals surface area contributed by atoms with Crippen LogP contribution < -0.4 is 5.32 Å². The van der Waals surface area contributed by atoms with E-state index in [0.717, 1.165) is 15.4 Å². The van der Waals surface area contributed by atoms with Crippen molar-refractivity contribution in [3.8, 4) is 0 Å². The Morgan fingerprint density at radius 1 is 1.32 bits per heavy atom. The lowest BCUT2D eigenvalue weighted by Crippen LogP contribution is -2.40. The highest BCUT2D eigenvalue weighted by Crippen LogP contribution is 2.28. The third-order valence-corrected chi connectivity index (χ3v) is 3.96. The monoisotopic (exact) mass is 366 g/mol. The molecule has 22 heavy (non-hydrogen) atoms. The molecule has 118 valence electrons. The number of rotatable bonds is 5. The summed E-state index contributed by atoms with van der Waals surface area (Å²) >= 11 is 3.42.